The van der Waals surface area contributed by atoms with Gasteiger partial charge in [-0.2, -0.15) is 0 Å². The van der Waals surface area contributed by atoms with Crippen LogP contribution in [0.15, 0.2) is 24.3 Å². The molecule has 5 nitrogen and oxygen atoms in total. The lowest BCUT2D eigenvalue weighted by Crippen LogP contribution is -2.47. The summed E-state index contributed by atoms with van der Waals surface area (Å²) in [5.74, 6) is -0.144. The lowest BCUT2D eigenvalue weighted by Gasteiger charge is -2.45. The second kappa shape index (κ2) is 7.46. The molecule has 1 heterocycles. The molecule has 6 heteroatoms. The molecule has 1 amide bonds. The monoisotopic (exact) mass is 367 g/mol. The molecule has 0 aliphatic carbocycles. The molecule has 0 saturated carbocycles. The molecule has 2 rings (SSSR count). The van der Waals surface area contributed by atoms with Crippen molar-refractivity contribution in [1.82, 2.24) is 5.32 Å². The average Bonchev–Trinajstić information content (AvgIpc) is 2.45. The molecule has 1 atom stereocenters. The Hall–Kier alpha value is -1.40. The Labute approximate surface area is 151 Å². The van der Waals surface area contributed by atoms with Crippen LogP contribution in [0.1, 0.15) is 44.2 Å². The molecule has 1 aliphatic rings. The smallest absolute Gasteiger partial charge is 0.220 e. The first kappa shape index (κ1) is 19.9. The first-order chi connectivity index (χ1) is 11.5. The summed E-state index contributed by atoms with van der Waals surface area (Å²) in [4.78, 5) is 12.6. The summed E-state index contributed by atoms with van der Waals surface area (Å²) < 4.78 is 28.4. The molecule has 1 aromatic carbocycles. The van der Waals surface area contributed by atoms with E-state index in [0.29, 0.717) is 13.0 Å². The third kappa shape index (κ3) is 5.54. The van der Waals surface area contributed by atoms with E-state index in [9.17, 15) is 13.2 Å². The number of carbonyl (C=O) groups excluding carboxylic acids is 1. The fourth-order valence-corrected chi connectivity index (χ4v) is 4.34. The number of rotatable bonds is 6. The molecule has 0 radical (unpaired) electrons. The van der Waals surface area contributed by atoms with Crippen LogP contribution in [0.25, 0.3) is 0 Å². The van der Waals surface area contributed by atoms with Crippen LogP contribution in [-0.2, 0) is 24.8 Å². The van der Waals surface area contributed by atoms with Crippen LogP contribution in [0.4, 0.5) is 0 Å². The van der Waals surface area contributed by atoms with Gasteiger partial charge in [-0.1, -0.05) is 24.3 Å². The lowest BCUT2D eigenvalue weighted by atomic mass is 9.66. The van der Waals surface area contributed by atoms with Gasteiger partial charge in [0.15, 0.2) is 0 Å². The molecular formula is C19H29NO4S. The molecule has 1 aliphatic heterocycles. The van der Waals surface area contributed by atoms with E-state index in [1.807, 2.05) is 12.1 Å². The Morgan fingerprint density at radius 3 is 2.56 bits per heavy atom. The lowest BCUT2D eigenvalue weighted by molar-refractivity contribution is -0.126. The Morgan fingerprint density at radius 2 is 1.96 bits per heavy atom. The maximum Gasteiger partial charge on any atom is 0.220 e. The van der Waals surface area contributed by atoms with Crippen LogP contribution in [0.5, 0.6) is 0 Å². The molecule has 1 fully saturated rings. The Morgan fingerprint density at radius 1 is 1.28 bits per heavy atom. The summed E-state index contributed by atoms with van der Waals surface area (Å²) in [5.41, 5.74) is 1.77. The van der Waals surface area contributed by atoms with Crippen molar-refractivity contribution in [3.05, 3.63) is 35.4 Å². The maximum absolute atomic E-state index is 12.6. The number of nitrogens with one attached hydrogen (secondary N) is 1. The minimum Gasteiger partial charge on any atom is -0.376 e. The second-order valence-electron chi connectivity index (χ2n) is 7.79. The molecule has 0 spiro atoms. The van der Waals surface area contributed by atoms with Crippen molar-refractivity contribution >= 4 is 15.7 Å². The Kier molecular flexibility index (Phi) is 5.94. The molecule has 0 unspecified atom stereocenters. The molecule has 0 bridgehead atoms. The molecule has 140 valence electrons. The number of aryl methyl sites for hydroxylation is 1. The third-order valence-electron chi connectivity index (χ3n) is 4.85. The molecule has 0 aromatic heterocycles. The second-order valence-corrected chi connectivity index (χ2v) is 10.0. The van der Waals surface area contributed by atoms with Crippen molar-refractivity contribution < 1.29 is 17.9 Å². The number of sulfone groups is 1. The number of amides is 1. The largest absolute Gasteiger partial charge is 0.376 e. The van der Waals surface area contributed by atoms with E-state index in [1.54, 1.807) is 0 Å². The van der Waals surface area contributed by atoms with Crippen LogP contribution in [0, 0.1) is 6.92 Å². The normalized spacial score (nSPS) is 23.2. The minimum atomic E-state index is -3.08. The molecule has 25 heavy (non-hydrogen) atoms. The van der Waals surface area contributed by atoms with Crippen molar-refractivity contribution in [1.29, 1.82) is 0 Å². The van der Waals surface area contributed by atoms with Crippen molar-refractivity contribution in [2.24, 2.45) is 0 Å². The van der Waals surface area contributed by atoms with Crippen LogP contribution in [0.3, 0.4) is 0 Å². The summed E-state index contributed by atoms with van der Waals surface area (Å²) in [7, 11) is -3.08. The van der Waals surface area contributed by atoms with Crippen molar-refractivity contribution in [2.75, 3.05) is 25.2 Å². The van der Waals surface area contributed by atoms with Gasteiger partial charge in [0.1, 0.15) is 9.84 Å². The van der Waals surface area contributed by atoms with Crippen LogP contribution < -0.4 is 5.32 Å². The van der Waals surface area contributed by atoms with Gasteiger partial charge in [-0.15, -0.1) is 0 Å². The van der Waals surface area contributed by atoms with Gasteiger partial charge >= 0.3 is 0 Å². The predicted octanol–water partition coefficient (Wildman–Crippen LogP) is 2.37. The molecule has 1 saturated heterocycles. The summed E-state index contributed by atoms with van der Waals surface area (Å²) in [5, 5.41) is 2.77. The van der Waals surface area contributed by atoms with Gasteiger partial charge in [-0.05, 0) is 44.7 Å². The highest BCUT2D eigenvalue weighted by molar-refractivity contribution is 7.90. The number of ether oxygens (including phenoxy) is 1. The van der Waals surface area contributed by atoms with E-state index in [2.05, 4.69) is 38.2 Å². The van der Waals surface area contributed by atoms with E-state index in [0.717, 1.165) is 12.8 Å². The number of hydrogen-bond acceptors (Lipinski definition) is 4. The summed E-state index contributed by atoms with van der Waals surface area (Å²) >= 11 is 0. The van der Waals surface area contributed by atoms with Crippen LogP contribution in [-0.4, -0.2) is 45.1 Å². The van der Waals surface area contributed by atoms with E-state index in [-0.39, 0.29) is 29.2 Å². The van der Waals surface area contributed by atoms with Gasteiger partial charge in [0.05, 0.1) is 11.4 Å². The first-order valence-electron chi connectivity index (χ1n) is 8.68. The van der Waals surface area contributed by atoms with Crippen molar-refractivity contribution in [2.45, 2.75) is 51.0 Å². The van der Waals surface area contributed by atoms with Crippen molar-refractivity contribution in [3.8, 4) is 0 Å². The topological polar surface area (TPSA) is 72.5 Å². The zero-order valence-electron chi connectivity index (χ0n) is 15.6. The SMILES string of the molecule is Cc1ccccc1[C@@]1(CC(=O)NCCS(C)(=O)=O)CCOC(C)(C)C1. The highest BCUT2D eigenvalue weighted by atomic mass is 32.2. The fraction of sp³-hybridized carbons (Fsp3) is 0.632. The summed E-state index contributed by atoms with van der Waals surface area (Å²) in [6, 6.07) is 8.18. The molecule has 1 N–H and O–H groups in total. The van der Waals surface area contributed by atoms with Gasteiger partial charge in [-0.3, -0.25) is 4.79 Å². The Bertz CT molecular complexity index is 727. The van der Waals surface area contributed by atoms with Crippen LogP contribution >= 0.6 is 0 Å². The number of carbonyl (C=O) groups is 1. The number of benzene rings is 1. The zero-order valence-corrected chi connectivity index (χ0v) is 16.4. The van der Waals surface area contributed by atoms with Gasteiger partial charge in [0.2, 0.25) is 5.91 Å². The van der Waals surface area contributed by atoms with Crippen LogP contribution in [0.2, 0.25) is 0 Å². The predicted molar refractivity (Wildman–Crippen MR) is 99.5 cm³/mol. The third-order valence-corrected chi connectivity index (χ3v) is 5.79. The first-order valence-corrected chi connectivity index (χ1v) is 10.7. The zero-order chi connectivity index (χ0) is 18.7. The van der Waals surface area contributed by atoms with Gasteiger partial charge in [0, 0.05) is 31.2 Å². The highest BCUT2D eigenvalue weighted by Crippen LogP contribution is 2.45. The minimum absolute atomic E-state index is 0.0370. The van der Waals surface area contributed by atoms with Gasteiger partial charge in [0.25, 0.3) is 0 Å². The number of hydrogen-bond donors (Lipinski definition) is 1. The van der Waals surface area contributed by atoms with E-state index >= 15 is 0 Å². The average molecular weight is 368 g/mol. The standard InChI is InChI=1S/C19H29NO4S/c1-15-7-5-6-8-16(15)19(9-11-24-18(2,3)14-19)13-17(21)20-10-12-25(4,22)23/h5-8H,9-14H2,1-4H3,(H,20,21)/t19-/m1/s1. The highest BCUT2D eigenvalue weighted by Gasteiger charge is 2.44. The van der Waals surface area contributed by atoms with Gasteiger partial charge < -0.3 is 10.1 Å². The molecule has 1 aromatic rings. The maximum atomic E-state index is 12.6. The van der Waals surface area contributed by atoms with Crippen molar-refractivity contribution in [3.63, 3.8) is 0 Å². The summed E-state index contributed by atoms with van der Waals surface area (Å²) in [6.07, 6.45) is 3.05. The quantitative estimate of drug-likeness (QED) is 0.838. The van der Waals surface area contributed by atoms with E-state index < -0.39 is 9.84 Å². The molecular weight excluding hydrogens is 338 g/mol. The Balaban J connectivity index is 2.21. The van der Waals surface area contributed by atoms with E-state index in [4.69, 9.17) is 4.74 Å². The summed E-state index contributed by atoms with van der Waals surface area (Å²) in [6.45, 7) is 6.95. The van der Waals surface area contributed by atoms with Gasteiger partial charge in [-0.25, -0.2) is 8.42 Å². The van der Waals surface area contributed by atoms with E-state index in [1.165, 1.54) is 17.4 Å². The fourth-order valence-electron chi connectivity index (χ4n) is 3.87.